The van der Waals surface area contributed by atoms with Crippen LogP contribution in [0.4, 0.5) is 0 Å². The third-order valence-electron chi connectivity index (χ3n) is 3.89. The minimum atomic E-state index is -0.231. The highest BCUT2D eigenvalue weighted by atomic mass is 16.5. The third-order valence-corrected chi connectivity index (χ3v) is 3.89. The van der Waals surface area contributed by atoms with Crippen molar-refractivity contribution in [2.45, 2.75) is 19.9 Å². The van der Waals surface area contributed by atoms with Crippen LogP contribution >= 0.6 is 0 Å². The van der Waals surface area contributed by atoms with Crippen molar-refractivity contribution in [3.8, 4) is 11.5 Å². The summed E-state index contributed by atoms with van der Waals surface area (Å²) in [5.41, 5.74) is 5.10. The number of nitrogens with zero attached hydrogens (tertiary/aromatic N) is 3. The van der Waals surface area contributed by atoms with Crippen LogP contribution in [0.5, 0.6) is 11.5 Å². The van der Waals surface area contributed by atoms with Gasteiger partial charge in [-0.2, -0.15) is 5.10 Å². The number of para-hydroxylation sites is 2. The van der Waals surface area contributed by atoms with Gasteiger partial charge in [0, 0.05) is 0 Å². The van der Waals surface area contributed by atoms with E-state index in [2.05, 4.69) is 15.5 Å². The van der Waals surface area contributed by atoms with E-state index in [1.54, 1.807) is 24.2 Å². The van der Waals surface area contributed by atoms with E-state index >= 15 is 0 Å². The van der Waals surface area contributed by atoms with Gasteiger partial charge in [0.05, 0.1) is 37.3 Å². The molecule has 0 aliphatic carbocycles. The van der Waals surface area contributed by atoms with Crippen molar-refractivity contribution in [1.82, 2.24) is 15.0 Å². The van der Waals surface area contributed by atoms with E-state index < -0.39 is 0 Å². The molecule has 0 unspecified atom stereocenters. The average molecular weight is 366 g/mol. The summed E-state index contributed by atoms with van der Waals surface area (Å²) in [4.78, 5) is 16.4. The van der Waals surface area contributed by atoms with E-state index in [9.17, 15) is 4.79 Å². The van der Waals surface area contributed by atoms with Crippen molar-refractivity contribution in [3.05, 3.63) is 54.4 Å². The second-order valence-corrected chi connectivity index (χ2v) is 5.91. The highest BCUT2D eigenvalue weighted by Crippen LogP contribution is 2.27. The molecule has 2 aromatic carbocycles. The van der Waals surface area contributed by atoms with Gasteiger partial charge in [-0.1, -0.05) is 19.1 Å². The van der Waals surface area contributed by atoms with Gasteiger partial charge in [0.2, 0.25) is 0 Å². The second-order valence-electron chi connectivity index (χ2n) is 5.91. The lowest BCUT2D eigenvalue weighted by molar-refractivity contribution is -0.121. The molecule has 0 aliphatic rings. The number of nitrogens with one attached hydrogen (secondary N) is 1. The number of hydrogen-bond acceptors (Lipinski definition) is 5. The molecular formula is C20H22N4O3. The van der Waals surface area contributed by atoms with E-state index in [1.807, 2.05) is 49.4 Å². The first kappa shape index (κ1) is 18.4. The predicted octanol–water partition coefficient (Wildman–Crippen LogP) is 2.98. The lowest BCUT2D eigenvalue weighted by Crippen LogP contribution is -2.22. The van der Waals surface area contributed by atoms with Gasteiger partial charge in [-0.25, -0.2) is 10.4 Å². The van der Waals surface area contributed by atoms with Gasteiger partial charge in [0.15, 0.2) is 11.5 Å². The van der Waals surface area contributed by atoms with Crippen LogP contribution in [0.25, 0.3) is 11.0 Å². The number of ether oxygens (including phenoxy) is 2. The Bertz CT molecular complexity index is 949. The maximum absolute atomic E-state index is 12.1. The minimum Gasteiger partial charge on any atom is -0.493 e. The SMILES string of the molecule is CCCOc1cc(/C=N\NC(=O)Cn2cnc3ccccc32)ccc1OC. The highest BCUT2D eigenvalue weighted by molar-refractivity contribution is 5.84. The average Bonchev–Trinajstić information content (AvgIpc) is 3.09. The molecule has 27 heavy (non-hydrogen) atoms. The fourth-order valence-electron chi connectivity index (χ4n) is 2.60. The Morgan fingerprint density at radius 2 is 2.11 bits per heavy atom. The normalized spacial score (nSPS) is 11.0. The van der Waals surface area contributed by atoms with Crippen LogP contribution in [0.3, 0.4) is 0 Å². The van der Waals surface area contributed by atoms with E-state index in [0.29, 0.717) is 18.1 Å². The molecule has 1 N–H and O–H groups in total. The molecule has 140 valence electrons. The Balaban J connectivity index is 1.62. The summed E-state index contributed by atoms with van der Waals surface area (Å²) in [6.45, 7) is 2.79. The van der Waals surface area contributed by atoms with Crippen molar-refractivity contribution in [3.63, 3.8) is 0 Å². The zero-order chi connectivity index (χ0) is 19.1. The molecule has 7 heteroatoms. The first-order valence-corrected chi connectivity index (χ1v) is 8.74. The van der Waals surface area contributed by atoms with Crippen molar-refractivity contribution in [2.24, 2.45) is 5.10 Å². The number of amides is 1. The molecular weight excluding hydrogens is 344 g/mol. The Morgan fingerprint density at radius 1 is 1.26 bits per heavy atom. The topological polar surface area (TPSA) is 77.7 Å². The quantitative estimate of drug-likeness (QED) is 0.491. The van der Waals surface area contributed by atoms with Crippen LogP contribution in [0.1, 0.15) is 18.9 Å². The number of hydrogen-bond donors (Lipinski definition) is 1. The summed E-state index contributed by atoms with van der Waals surface area (Å²) in [6, 6.07) is 13.1. The molecule has 0 saturated carbocycles. The van der Waals surface area contributed by atoms with Crippen LogP contribution in [0, 0.1) is 0 Å². The van der Waals surface area contributed by atoms with Gasteiger partial charge in [-0.15, -0.1) is 0 Å². The summed E-state index contributed by atoms with van der Waals surface area (Å²) in [5.74, 6) is 1.08. The number of benzene rings is 2. The highest BCUT2D eigenvalue weighted by Gasteiger charge is 2.07. The molecule has 0 bridgehead atoms. The summed E-state index contributed by atoms with van der Waals surface area (Å²) in [6.07, 6.45) is 4.12. The minimum absolute atomic E-state index is 0.144. The fraction of sp³-hybridized carbons (Fsp3) is 0.250. The van der Waals surface area contributed by atoms with E-state index in [4.69, 9.17) is 9.47 Å². The number of fused-ring (bicyclic) bond motifs is 1. The molecule has 1 aromatic heterocycles. The summed E-state index contributed by atoms with van der Waals surface area (Å²) in [7, 11) is 1.60. The molecule has 0 atom stereocenters. The summed E-state index contributed by atoms with van der Waals surface area (Å²) in [5, 5.41) is 4.02. The largest absolute Gasteiger partial charge is 0.493 e. The van der Waals surface area contributed by atoms with Gasteiger partial charge in [0.25, 0.3) is 5.91 Å². The maximum atomic E-state index is 12.1. The second kappa shape index (κ2) is 8.84. The molecule has 7 nitrogen and oxygen atoms in total. The number of aromatic nitrogens is 2. The van der Waals surface area contributed by atoms with Crippen LogP contribution < -0.4 is 14.9 Å². The monoisotopic (exact) mass is 366 g/mol. The number of methoxy groups -OCH3 is 1. The van der Waals surface area contributed by atoms with Gasteiger partial charge in [-0.3, -0.25) is 4.79 Å². The molecule has 0 radical (unpaired) electrons. The smallest absolute Gasteiger partial charge is 0.260 e. The van der Waals surface area contributed by atoms with Crippen LogP contribution in [-0.2, 0) is 11.3 Å². The van der Waals surface area contributed by atoms with Crippen molar-refractivity contribution < 1.29 is 14.3 Å². The first-order valence-electron chi connectivity index (χ1n) is 8.74. The number of rotatable bonds is 8. The van der Waals surface area contributed by atoms with E-state index in [1.165, 1.54) is 0 Å². The van der Waals surface area contributed by atoms with Crippen molar-refractivity contribution in [2.75, 3.05) is 13.7 Å². The van der Waals surface area contributed by atoms with Crippen LogP contribution in [0.15, 0.2) is 53.9 Å². The maximum Gasteiger partial charge on any atom is 0.260 e. The molecule has 0 fully saturated rings. The van der Waals surface area contributed by atoms with Crippen molar-refractivity contribution in [1.29, 1.82) is 0 Å². The van der Waals surface area contributed by atoms with Gasteiger partial charge < -0.3 is 14.0 Å². The van der Waals surface area contributed by atoms with Crippen LogP contribution in [0.2, 0.25) is 0 Å². The summed E-state index contributed by atoms with van der Waals surface area (Å²) >= 11 is 0. The molecule has 0 aliphatic heterocycles. The molecule has 3 rings (SSSR count). The number of imidazole rings is 1. The zero-order valence-electron chi connectivity index (χ0n) is 15.4. The molecule has 1 heterocycles. The van der Waals surface area contributed by atoms with Crippen LogP contribution in [-0.4, -0.2) is 35.4 Å². The lowest BCUT2D eigenvalue weighted by atomic mass is 10.2. The Hall–Kier alpha value is -3.35. The lowest BCUT2D eigenvalue weighted by Gasteiger charge is -2.10. The number of carbonyl (C=O) groups excluding carboxylic acids is 1. The van der Waals surface area contributed by atoms with Crippen molar-refractivity contribution >= 4 is 23.2 Å². The van der Waals surface area contributed by atoms with Gasteiger partial charge in [-0.05, 0) is 42.3 Å². The van der Waals surface area contributed by atoms with Gasteiger partial charge >= 0.3 is 0 Å². The zero-order valence-corrected chi connectivity index (χ0v) is 15.4. The molecule has 0 spiro atoms. The number of carbonyl (C=O) groups is 1. The van der Waals surface area contributed by atoms with E-state index in [-0.39, 0.29) is 12.5 Å². The number of hydrazone groups is 1. The Kier molecular flexibility index (Phi) is 6.04. The predicted molar refractivity (Wildman–Crippen MR) is 104 cm³/mol. The molecule has 1 amide bonds. The molecule has 0 saturated heterocycles. The third kappa shape index (κ3) is 4.63. The summed E-state index contributed by atoms with van der Waals surface area (Å²) < 4.78 is 12.7. The standard InChI is InChI=1S/C20H22N4O3/c1-3-10-27-19-11-15(8-9-18(19)26-2)12-22-23-20(25)13-24-14-21-16-6-4-5-7-17(16)24/h4-9,11-12,14H,3,10,13H2,1-2H3,(H,23,25)/b22-12-. The fourth-order valence-corrected chi connectivity index (χ4v) is 2.60. The molecule has 3 aromatic rings. The van der Waals surface area contributed by atoms with Gasteiger partial charge in [0.1, 0.15) is 6.54 Å². The Labute approximate surface area is 157 Å². The van der Waals surface area contributed by atoms with E-state index in [0.717, 1.165) is 23.0 Å². The first-order chi connectivity index (χ1) is 13.2. The Morgan fingerprint density at radius 3 is 2.93 bits per heavy atom.